The number of aromatic amines is 1. The molecule has 0 bridgehead atoms. The van der Waals surface area contributed by atoms with Gasteiger partial charge in [0.05, 0.1) is 17.7 Å². The average molecular weight is 400 g/mol. The fourth-order valence-corrected chi connectivity index (χ4v) is 3.22. The van der Waals surface area contributed by atoms with E-state index in [4.69, 9.17) is 0 Å². The second kappa shape index (κ2) is 7.11. The van der Waals surface area contributed by atoms with E-state index >= 15 is 0 Å². The molecule has 0 atom stereocenters. The van der Waals surface area contributed by atoms with Crippen molar-refractivity contribution in [3.8, 4) is 0 Å². The lowest BCUT2D eigenvalue weighted by atomic mass is 10.1. The molecule has 0 aliphatic rings. The number of hydrogen-bond donors (Lipinski definition) is 3. The normalized spacial score (nSPS) is 10.7. The minimum atomic E-state index is -0.233. The second-order valence-corrected chi connectivity index (χ2v) is 6.68. The minimum absolute atomic E-state index is 0.166. The molecule has 0 fully saturated rings. The van der Waals surface area contributed by atoms with Crippen LogP contribution in [0, 0.1) is 6.92 Å². The number of anilines is 1. The number of hydrogen-bond acceptors (Lipinski definition) is 2. The fourth-order valence-electron chi connectivity index (χ4n) is 2.86. The van der Waals surface area contributed by atoms with Crippen LogP contribution in [0.1, 0.15) is 21.6 Å². The fraction of sp³-hybridized carbons (Fsp3) is 0.158. The van der Waals surface area contributed by atoms with E-state index in [1.165, 1.54) is 0 Å². The predicted molar refractivity (Wildman–Crippen MR) is 103 cm³/mol. The van der Waals surface area contributed by atoms with Crippen LogP contribution in [0.15, 0.2) is 46.9 Å². The van der Waals surface area contributed by atoms with Crippen LogP contribution in [0.3, 0.4) is 0 Å². The number of rotatable bonds is 4. The molecule has 0 unspecified atom stereocenters. The van der Waals surface area contributed by atoms with Crippen molar-refractivity contribution in [3.05, 3.63) is 63.8 Å². The number of aryl methyl sites for hydroxylation is 1. The quantitative estimate of drug-likeness (QED) is 0.624. The van der Waals surface area contributed by atoms with E-state index in [0.29, 0.717) is 11.3 Å². The van der Waals surface area contributed by atoms with Gasteiger partial charge in [-0.2, -0.15) is 0 Å². The van der Waals surface area contributed by atoms with Gasteiger partial charge in [-0.3, -0.25) is 9.59 Å². The smallest absolute Gasteiger partial charge is 0.253 e. The summed E-state index contributed by atoms with van der Waals surface area (Å²) < 4.78 is 0.964. The number of amides is 2. The highest BCUT2D eigenvalue weighted by atomic mass is 79.9. The van der Waals surface area contributed by atoms with Crippen LogP contribution >= 0.6 is 15.9 Å². The van der Waals surface area contributed by atoms with Crippen molar-refractivity contribution in [1.82, 2.24) is 10.3 Å². The molecular formula is C19H18BrN3O2. The molecule has 0 radical (unpaired) electrons. The summed E-state index contributed by atoms with van der Waals surface area (Å²) in [6.45, 7) is 1.95. The molecule has 5 nitrogen and oxygen atoms in total. The highest BCUT2D eigenvalue weighted by Gasteiger charge is 2.15. The maximum Gasteiger partial charge on any atom is 0.253 e. The predicted octanol–water partition coefficient (Wildman–Crippen LogP) is 3.78. The number of aromatic nitrogens is 1. The summed E-state index contributed by atoms with van der Waals surface area (Å²) in [6, 6.07) is 12.9. The van der Waals surface area contributed by atoms with E-state index < -0.39 is 0 Å². The molecule has 25 heavy (non-hydrogen) atoms. The van der Waals surface area contributed by atoms with E-state index in [1.807, 2.05) is 25.1 Å². The van der Waals surface area contributed by atoms with E-state index in [2.05, 4.69) is 31.5 Å². The first-order valence-electron chi connectivity index (χ1n) is 7.87. The highest BCUT2D eigenvalue weighted by Crippen LogP contribution is 2.26. The maximum atomic E-state index is 12.6. The monoisotopic (exact) mass is 399 g/mol. The summed E-state index contributed by atoms with van der Waals surface area (Å²) in [5, 5.41) is 6.44. The Bertz CT molecular complexity index is 962. The second-order valence-electron chi connectivity index (χ2n) is 5.77. The van der Waals surface area contributed by atoms with Gasteiger partial charge in [0.1, 0.15) is 0 Å². The van der Waals surface area contributed by atoms with Crippen LogP contribution in [-0.2, 0) is 11.2 Å². The van der Waals surface area contributed by atoms with Crippen molar-refractivity contribution in [1.29, 1.82) is 0 Å². The molecule has 2 aromatic carbocycles. The standard InChI is InChI=1S/C19H18BrN3O2/c1-11-14(15-9-12(20)7-8-17(15)22-11)10-18(24)23-16-6-4-3-5-13(16)19(25)21-2/h3-9,22H,10H2,1-2H3,(H,21,25)(H,23,24). The maximum absolute atomic E-state index is 12.6. The number of nitrogens with one attached hydrogen (secondary N) is 3. The molecule has 0 saturated heterocycles. The minimum Gasteiger partial charge on any atom is -0.358 e. The Labute approximate surface area is 153 Å². The molecule has 3 aromatic rings. The Morgan fingerprint density at radius 1 is 1.16 bits per heavy atom. The van der Waals surface area contributed by atoms with Crippen molar-refractivity contribution < 1.29 is 9.59 Å². The van der Waals surface area contributed by atoms with Crippen LogP contribution in [0.2, 0.25) is 0 Å². The third kappa shape index (κ3) is 3.58. The van der Waals surface area contributed by atoms with Crippen LogP contribution < -0.4 is 10.6 Å². The molecule has 128 valence electrons. The summed E-state index contributed by atoms with van der Waals surface area (Å²) >= 11 is 3.47. The number of para-hydroxylation sites is 1. The Hall–Kier alpha value is -2.60. The van der Waals surface area contributed by atoms with Crippen LogP contribution in [0.25, 0.3) is 10.9 Å². The molecule has 6 heteroatoms. The van der Waals surface area contributed by atoms with E-state index in [0.717, 1.165) is 26.6 Å². The van der Waals surface area contributed by atoms with E-state index in [-0.39, 0.29) is 18.2 Å². The lowest BCUT2D eigenvalue weighted by molar-refractivity contribution is -0.115. The molecule has 3 rings (SSSR count). The molecule has 0 saturated carbocycles. The van der Waals surface area contributed by atoms with Gasteiger partial charge in [-0.15, -0.1) is 0 Å². The zero-order chi connectivity index (χ0) is 18.0. The first-order chi connectivity index (χ1) is 12.0. The van der Waals surface area contributed by atoms with Gasteiger partial charge >= 0.3 is 0 Å². The number of H-pyrrole nitrogens is 1. The van der Waals surface area contributed by atoms with Crippen molar-refractivity contribution in [2.45, 2.75) is 13.3 Å². The van der Waals surface area contributed by atoms with Gasteiger partial charge in [0, 0.05) is 28.1 Å². The Balaban J connectivity index is 1.86. The van der Waals surface area contributed by atoms with E-state index in [1.54, 1.807) is 31.3 Å². The molecule has 0 spiro atoms. The lowest BCUT2D eigenvalue weighted by Crippen LogP contribution is -2.22. The van der Waals surface area contributed by atoms with Crippen molar-refractivity contribution in [2.75, 3.05) is 12.4 Å². The third-order valence-corrected chi connectivity index (χ3v) is 4.58. The molecule has 0 aliphatic carbocycles. The Morgan fingerprint density at radius 3 is 2.68 bits per heavy atom. The number of carbonyl (C=O) groups excluding carboxylic acids is 2. The summed E-state index contributed by atoms with van der Waals surface area (Å²) in [7, 11) is 1.56. The largest absolute Gasteiger partial charge is 0.358 e. The number of fused-ring (bicyclic) bond motifs is 1. The van der Waals surface area contributed by atoms with Gasteiger partial charge in [-0.25, -0.2) is 0 Å². The number of halogens is 1. The van der Waals surface area contributed by atoms with Crippen LogP contribution in [0.4, 0.5) is 5.69 Å². The van der Waals surface area contributed by atoms with Crippen molar-refractivity contribution in [2.24, 2.45) is 0 Å². The highest BCUT2D eigenvalue weighted by molar-refractivity contribution is 9.10. The third-order valence-electron chi connectivity index (χ3n) is 4.09. The molecule has 0 aliphatic heterocycles. The van der Waals surface area contributed by atoms with E-state index in [9.17, 15) is 9.59 Å². The zero-order valence-electron chi connectivity index (χ0n) is 13.9. The molecule has 1 aromatic heterocycles. The molecule has 3 N–H and O–H groups in total. The summed E-state index contributed by atoms with van der Waals surface area (Å²) in [6.07, 6.45) is 0.227. The Morgan fingerprint density at radius 2 is 1.92 bits per heavy atom. The van der Waals surface area contributed by atoms with Crippen LogP contribution in [0.5, 0.6) is 0 Å². The molecular weight excluding hydrogens is 382 g/mol. The average Bonchev–Trinajstić information content (AvgIpc) is 2.90. The van der Waals surface area contributed by atoms with Gasteiger partial charge in [-0.05, 0) is 42.8 Å². The van der Waals surface area contributed by atoms with Gasteiger partial charge in [0.25, 0.3) is 5.91 Å². The van der Waals surface area contributed by atoms with Crippen molar-refractivity contribution in [3.63, 3.8) is 0 Å². The van der Waals surface area contributed by atoms with Crippen molar-refractivity contribution >= 4 is 44.3 Å². The van der Waals surface area contributed by atoms with Gasteiger partial charge < -0.3 is 15.6 Å². The lowest BCUT2D eigenvalue weighted by Gasteiger charge is -2.10. The summed E-state index contributed by atoms with van der Waals surface area (Å²) in [5.74, 6) is -0.400. The zero-order valence-corrected chi connectivity index (χ0v) is 15.5. The summed E-state index contributed by atoms with van der Waals surface area (Å²) in [5.41, 5.74) is 3.85. The first kappa shape index (κ1) is 17.2. The Kier molecular flexibility index (Phi) is 4.90. The van der Waals surface area contributed by atoms with Gasteiger partial charge in [0.15, 0.2) is 0 Å². The van der Waals surface area contributed by atoms with Gasteiger partial charge in [0.2, 0.25) is 5.91 Å². The summed E-state index contributed by atoms with van der Waals surface area (Å²) in [4.78, 5) is 27.8. The van der Waals surface area contributed by atoms with Crippen LogP contribution in [-0.4, -0.2) is 23.8 Å². The number of carbonyl (C=O) groups is 2. The molecule has 2 amide bonds. The van der Waals surface area contributed by atoms with Gasteiger partial charge in [-0.1, -0.05) is 28.1 Å². The topological polar surface area (TPSA) is 74.0 Å². The molecule has 1 heterocycles. The number of benzene rings is 2. The first-order valence-corrected chi connectivity index (χ1v) is 8.66. The SMILES string of the molecule is CNC(=O)c1ccccc1NC(=O)Cc1c(C)[nH]c2ccc(Br)cc12.